The molecule has 1 amide bonds. The second-order valence-corrected chi connectivity index (χ2v) is 4.88. The molecule has 2 aromatic rings. The summed E-state index contributed by atoms with van der Waals surface area (Å²) in [5, 5.41) is 3.00. The third-order valence-corrected chi connectivity index (χ3v) is 3.32. The predicted molar refractivity (Wildman–Crippen MR) is 83.3 cm³/mol. The molecule has 0 spiro atoms. The van der Waals surface area contributed by atoms with Crippen molar-refractivity contribution in [1.82, 2.24) is 0 Å². The van der Waals surface area contributed by atoms with Crippen LogP contribution in [0.25, 0.3) is 11.1 Å². The summed E-state index contributed by atoms with van der Waals surface area (Å²) < 4.78 is 0. The fraction of sp³-hybridized carbons (Fsp3) is 0.235. The van der Waals surface area contributed by atoms with Gasteiger partial charge in [-0.3, -0.25) is 4.79 Å². The molecule has 3 heteroatoms. The minimum atomic E-state index is -0.0798. The van der Waals surface area contributed by atoms with E-state index in [2.05, 4.69) is 5.32 Å². The fourth-order valence-corrected chi connectivity index (χ4v) is 2.10. The van der Waals surface area contributed by atoms with E-state index in [1.165, 1.54) is 0 Å². The number of benzene rings is 2. The van der Waals surface area contributed by atoms with Crippen LogP contribution in [0.3, 0.4) is 0 Å². The Bertz CT molecular complexity index is 566. The molecule has 2 rings (SSSR count). The van der Waals surface area contributed by atoms with Crippen LogP contribution in [0.15, 0.2) is 54.6 Å². The molecule has 0 aliphatic carbocycles. The van der Waals surface area contributed by atoms with Crippen LogP contribution in [0.4, 0.5) is 5.69 Å². The Hall–Kier alpha value is -2.13. The van der Waals surface area contributed by atoms with E-state index < -0.39 is 0 Å². The number of nitrogens with one attached hydrogen (secondary N) is 1. The molecular formula is C17H20N2O. The molecule has 20 heavy (non-hydrogen) atoms. The van der Waals surface area contributed by atoms with Crippen molar-refractivity contribution in [1.29, 1.82) is 0 Å². The summed E-state index contributed by atoms with van der Waals surface area (Å²) in [6.07, 6.45) is 0.694. The number of anilines is 1. The van der Waals surface area contributed by atoms with Crippen LogP contribution in [0, 0.1) is 5.92 Å². The number of hydrogen-bond donors (Lipinski definition) is 2. The zero-order chi connectivity index (χ0) is 14.4. The lowest BCUT2D eigenvalue weighted by Crippen LogP contribution is -2.23. The molecule has 0 saturated heterocycles. The van der Waals surface area contributed by atoms with Gasteiger partial charge in [-0.05, 0) is 24.6 Å². The molecule has 0 aromatic heterocycles. The Kier molecular flexibility index (Phi) is 4.91. The Morgan fingerprint density at radius 1 is 1.10 bits per heavy atom. The first-order valence-electron chi connectivity index (χ1n) is 6.87. The van der Waals surface area contributed by atoms with E-state index in [9.17, 15) is 4.79 Å². The van der Waals surface area contributed by atoms with Gasteiger partial charge in [0.25, 0.3) is 0 Å². The highest BCUT2D eigenvalue weighted by Gasteiger charge is 2.13. The number of nitrogens with two attached hydrogens (primary N) is 1. The molecule has 0 heterocycles. The first kappa shape index (κ1) is 14.3. The van der Waals surface area contributed by atoms with Crippen LogP contribution in [0.1, 0.15) is 13.3 Å². The smallest absolute Gasteiger partial charge is 0.227 e. The van der Waals surface area contributed by atoms with E-state index in [0.717, 1.165) is 16.8 Å². The molecule has 0 radical (unpaired) electrons. The molecule has 1 unspecified atom stereocenters. The van der Waals surface area contributed by atoms with Crippen LogP contribution >= 0.6 is 0 Å². The fourth-order valence-electron chi connectivity index (χ4n) is 2.10. The van der Waals surface area contributed by atoms with Gasteiger partial charge in [0.05, 0.1) is 0 Å². The third kappa shape index (κ3) is 3.45. The second-order valence-electron chi connectivity index (χ2n) is 4.88. The number of hydrogen-bond acceptors (Lipinski definition) is 2. The second kappa shape index (κ2) is 6.87. The Balaban J connectivity index is 2.23. The number of para-hydroxylation sites is 1. The Labute approximate surface area is 119 Å². The molecule has 1 atom stereocenters. The monoisotopic (exact) mass is 268 g/mol. The minimum absolute atomic E-state index is 0.0128. The number of rotatable bonds is 5. The van der Waals surface area contributed by atoms with Gasteiger partial charge < -0.3 is 11.1 Å². The van der Waals surface area contributed by atoms with Gasteiger partial charge in [-0.1, -0.05) is 55.5 Å². The van der Waals surface area contributed by atoms with Crippen molar-refractivity contribution < 1.29 is 4.79 Å². The minimum Gasteiger partial charge on any atom is -0.330 e. The summed E-state index contributed by atoms with van der Waals surface area (Å²) in [6, 6.07) is 17.9. The molecule has 0 fully saturated rings. The molecule has 0 aliphatic rings. The van der Waals surface area contributed by atoms with Gasteiger partial charge in [0.15, 0.2) is 0 Å². The van der Waals surface area contributed by atoms with Gasteiger partial charge in [0, 0.05) is 17.2 Å². The van der Waals surface area contributed by atoms with Crippen molar-refractivity contribution in [3.8, 4) is 11.1 Å². The Morgan fingerprint density at radius 2 is 1.75 bits per heavy atom. The van der Waals surface area contributed by atoms with Gasteiger partial charge in [-0.2, -0.15) is 0 Å². The summed E-state index contributed by atoms with van der Waals surface area (Å²) in [7, 11) is 0. The zero-order valence-electron chi connectivity index (χ0n) is 11.7. The SMILES string of the molecule is CC(CCN)C(=O)Nc1ccccc1-c1ccccc1. The maximum absolute atomic E-state index is 12.1. The largest absolute Gasteiger partial charge is 0.330 e. The van der Waals surface area contributed by atoms with Crippen molar-refractivity contribution in [2.75, 3.05) is 11.9 Å². The summed E-state index contributed by atoms with van der Waals surface area (Å²) in [5.74, 6) is -0.0670. The van der Waals surface area contributed by atoms with Gasteiger partial charge in [-0.25, -0.2) is 0 Å². The highest BCUT2D eigenvalue weighted by molar-refractivity contribution is 5.96. The average molecular weight is 268 g/mol. The number of amides is 1. The lowest BCUT2D eigenvalue weighted by atomic mass is 10.0. The van der Waals surface area contributed by atoms with Crippen LogP contribution in [0.2, 0.25) is 0 Å². The maximum Gasteiger partial charge on any atom is 0.227 e. The van der Waals surface area contributed by atoms with Crippen molar-refractivity contribution >= 4 is 11.6 Å². The molecule has 0 saturated carbocycles. The lowest BCUT2D eigenvalue weighted by Gasteiger charge is -2.14. The predicted octanol–water partition coefficient (Wildman–Crippen LogP) is 3.28. The van der Waals surface area contributed by atoms with Gasteiger partial charge in [0.2, 0.25) is 5.91 Å². The van der Waals surface area contributed by atoms with E-state index in [1.54, 1.807) is 0 Å². The van der Waals surface area contributed by atoms with Crippen LogP contribution < -0.4 is 11.1 Å². The standard InChI is InChI=1S/C17H20N2O/c1-13(11-12-18)17(20)19-16-10-6-5-9-15(16)14-7-3-2-4-8-14/h2-10,13H,11-12,18H2,1H3,(H,19,20). The highest BCUT2D eigenvalue weighted by Crippen LogP contribution is 2.27. The number of carbonyl (C=O) groups excluding carboxylic acids is 1. The first-order chi connectivity index (χ1) is 9.72. The summed E-state index contributed by atoms with van der Waals surface area (Å²) in [5.41, 5.74) is 8.46. The van der Waals surface area contributed by atoms with Gasteiger partial charge >= 0.3 is 0 Å². The van der Waals surface area contributed by atoms with Crippen molar-refractivity contribution in [2.24, 2.45) is 11.7 Å². The molecule has 0 aliphatic heterocycles. The molecule has 2 aromatic carbocycles. The van der Waals surface area contributed by atoms with Gasteiger partial charge in [-0.15, -0.1) is 0 Å². The molecule has 3 N–H and O–H groups in total. The maximum atomic E-state index is 12.1. The van der Waals surface area contributed by atoms with E-state index in [1.807, 2.05) is 61.5 Å². The molecule has 3 nitrogen and oxygen atoms in total. The number of carbonyl (C=O) groups is 1. The van der Waals surface area contributed by atoms with Crippen molar-refractivity contribution in [2.45, 2.75) is 13.3 Å². The van der Waals surface area contributed by atoms with E-state index >= 15 is 0 Å². The van der Waals surface area contributed by atoms with E-state index in [0.29, 0.717) is 13.0 Å². The van der Waals surface area contributed by atoms with E-state index in [4.69, 9.17) is 5.73 Å². The third-order valence-electron chi connectivity index (χ3n) is 3.32. The quantitative estimate of drug-likeness (QED) is 0.874. The molecule has 104 valence electrons. The van der Waals surface area contributed by atoms with Crippen molar-refractivity contribution in [3.05, 3.63) is 54.6 Å². The molecular weight excluding hydrogens is 248 g/mol. The van der Waals surface area contributed by atoms with Gasteiger partial charge in [0.1, 0.15) is 0 Å². The van der Waals surface area contributed by atoms with Crippen molar-refractivity contribution in [3.63, 3.8) is 0 Å². The first-order valence-corrected chi connectivity index (χ1v) is 6.87. The Morgan fingerprint density at radius 3 is 2.45 bits per heavy atom. The molecule has 0 bridgehead atoms. The average Bonchev–Trinajstić information content (AvgIpc) is 2.49. The van der Waals surface area contributed by atoms with Crippen LogP contribution in [0.5, 0.6) is 0 Å². The normalized spacial score (nSPS) is 11.9. The van der Waals surface area contributed by atoms with Crippen LogP contribution in [-0.4, -0.2) is 12.5 Å². The van der Waals surface area contributed by atoms with E-state index in [-0.39, 0.29) is 11.8 Å². The lowest BCUT2D eigenvalue weighted by molar-refractivity contribution is -0.119. The highest BCUT2D eigenvalue weighted by atomic mass is 16.1. The summed E-state index contributed by atoms with van der Waals surface area (Å²) in [4.78, 5) is 12.1. The van der Waals surface area contributed by atoms with Crippen LogP contribution in [-0.2, 0) is 4.79 Å². The summed E-state index contributed by atoms with van der Waals surface area (Å²) >= 11 is 0. The zero-order valence-corrected chi connectivity index (χ0v) is 11.7. The summed E-state index contributed by atoms with van der Waals surface area (Å²) in [6.45, 7) is 2.42. The topological polar surface area (TPSA) is 55.1 Å².